The lowest BCUT2D eigenvalue weighted by molar-refractivity contribution is 0.400. The maximum Gasteiger partial charge on any atom is 0.191 e. The number of benzene rings is 1. The Morgan fingerprint density at radius 2 is 1.85 bits per heavy atom. The summed E-state index contributed by atoms with van der Waals surface area (Å²) in [4.78, 5) is 3.03. The van der Waals surface area contributed by atoms with Crippen LogP contribution in [0.5, 0.6) is 5.88 Å². The molecule has 0 saturated carbocycles. The molecule has 13 heavy (non-hydrogen) atoms. The maximum atomic E-state index is 5.06. The van der Waals surface area contributed by atoms with Crippen molar-refractivity contribution in [3.63, 3.8) is 0 Å². The van der Waals surface area contributed by atoms with Crippen LogP contribution in [-0.4, -0.2) is 12.1 Å². The molecule has 66 valence electrons. The van der Waals surface area contributed by atoms with E-state index >= 15 is 0 Å². The Hall–Kier alpha value is -1.70. The average molecular weight is 173 g/mol. The van der Waals surface area contributed by atoms with E-state index in [1.54, 1.807) is 7.11 Å². The second-order valence-electron chi connectivity index (χ2n) is 2.82. The van der Waals surface area contributed by atoms with Crippen LogP contribution in [0.3, 0.4) is 0 Å². The Morgan fingerprint density at radius 1 is 1.08 bits per heavy atom. The van der Waals surface area contributed by atoms with Gasteiger partial charge >= 0.3 is 0 Å². The number of nitrogens with one attached hydrogen (secondary N) is 1. The molecule has 2 aromatic rings. The first-order chi connectivity index (χ1) is 6.40. The molecular weight excluding hydrogens is 162 g/mol. The molecule has 1 N–H and O–H groups in total. The lowest BCUT2D eigenvalue weighted by Gasteiger charge is -1.94. The summed E-state index contributed by atoms with van der Waals surface area (Å²) >= 11 is 0. The second kappa shape index (κ2) is 3.35. The van der Waals surface area contributed by atoms with E-state index in [0.717, 1.165) is 11.4 Å². The summed E-state index contributed by atoms with van der Waals surface area (Å²) in [7, 11) is 1.65. The summed E-state index contributed by atoms with van der Waals surface area (Å²) in [5, 5.41) is 0. The molecule has 2 rings (SSSR count). The third-order valence-electron chi connectivity index (χ3n) is 1.98. The van der Waals surface area contributed by atoms with Crippen molar-refractivity contribution in [2.24, 2.45) is 0 Å². The molecule has 0 aliphatic rings. The van der Waals surface area contributed by atoms with Crippen molar-refractivity contribution in [2.75, 3.05) is 7.11 Å². The van der Waals surface area contributed by atoms with E-state index in [-0.39, 0.29) is 0 Å². The molecule has 0 amide bonds. The van der Waals surface area contributed by atoms with Crippen molar-refractivity contribution in [1.82, 2.24) is 4.98 Å². The predicted octanol–water partition coefficient (Wildman–Crippen LogP) is 2.69. The number of aromatic amines is 1. The van der Waals surface area contributed by atoms with E-state index in [4.69, 9.17) is 4.74 Å². The fraction of sp³-hybridized carbons (Fsp3) is 0.0909. The first-order valence-corrected chi connectivity index (χ1v) is 4.18. The molecule has 0 aliphatic carbocycles. The monoisotopic (exact) mass is 173 g/mol. The zero-order valence-electron chi connectivity index (χ0n) is 7.45. The first-order valence-electron chi connectivity index (χ1n) is 4.18. The number of rotatable bonds is 2. The minimum Gasteiger partial charge on any atom is -0.482 e. The van der Waals surface area contributed by atoms with Gasteiger partial charge in [0.1, 0.15) is 0 Å². The van der Waals surface area contributed by atoms with Crippen LogP contribution in [0.2, 0.25) is 0 Å². The van der Waals surface area contributed by atoms with E-state index < -0.39 is 0 Å². The van der Waals surface area contributed by atoms with Crippen LogP contribution < -0.4 is 4.74 Å². The average Bonchev–Trinajstić information content (AvgIpc) is 2.67. The zero-order valence-corrected chi connectivity index (χ0v) is 7.45. The number of aromatic nitrogens is 1. The highest BCUT2D eigenvalue weighted by Crippen LogP contribution is 2.22. The normalized spacial score (nSPS) is 9.92. The van der Waals surface area contributed by atoms with Crippen molar-refractivity contribution < 1.29 is 4.74 Å². The third kappa shape index (κ3) is 1.56. The van der Waals surface area contributed by atoms with Gasteiger partial charge in [0, 0.05) is 17.8 Å². The van der Waals surface area contributed by atoms with Crippen LogP contribution in [0.25, 0.3) is 11.1 Å². The minimum absolute atomic E-state index is 0.791. The van der Waals surface area contributed by atoms with Crippen LogP contribution in [-0.2, 0) is 0 Å². The maximum absolute atomic E-state index is 5.06. The number of ether oxygens (including phenoxy) is 1. The van der Waals surface area contributed by atoms with E-state index in [1.807, 2.05) is 30.5 Å². The molecular formula is C11H11NO. The van der Waals surface area contributed by atoms with Crippen LogP contribution in [0, 0.1) is 0 Å². The zero-order chi connectivity index (χ0) is 9.10. The molecule has 0 aliphatic heterocycles. The third-order valence-corrected chi connectivity index (χ3v) is 1.98. The molecule has 2 nitrogen and oxygen atoms in total. The van der Waals surface area contributed by atoms with Crippen LogP contribution in [0.1, 0.15) is 0 Å². The lowest BCUT2D eigenvalue weighted by atomic mass is 10.1. The molecule has 0 saturated heterocycles. The molecule has 0 bridgehead atoms. The largest absolute Gasteiger partial charge is 0.482 e. The van der Waals surface area contributed by atoms with E-state index in [1.165, 1.54) is 5.56 Å². The van der Waals surface area contributed by atoms with E-state index in [9.17, 15) is 0 Å². The highest BCUT2D eigenvalue weighted by molar-refractivity contribution is 5.63. The van der Waals surface area contributed by atoms with Crippen LogP contribution >= 0.6 is 0 Å². The molecule has 0 radical (unpaired) electrons. The molecule has 1 aromatic heterocycles. The van der Waals surface area contributed by atoms with Crippen LogP contribution in [0.15, 0.2) is 42.6 Å². The van der Waals surface area contributed by atoms with Gasteiger partial charge in [-0.05, 0) is 5.56 Å². The van der Waals surface area contributed by atoms with Gasteiger partial charge in [-0.1, -0.05) is 30.3 Å². The number of methoxy groups -OCH3 is 1. The van der Waals surface area contributed by atoms with E-state index in [2.05, 4.69) is 17.1 Å². The van der Waals surface area contributed by atoms with Gasteiger partial charge in [0.2, 0.25) is 0 Å². The minimum atomic E-state index is 0.791. The Balaban J connectivity index is 2.36. The first kappa shape index (κ1) is 7.92. The van der Waals surface area contributed by atoms with Gasteiger partial charge in [0.15, 0.2) is 5.88 Å². The van der Waals surface area contributed by atoms with Crippen LogP contribution in [0.4, 0.5) is 0 Å². The predicted molar refractivity (Wildman–Crippen MR) is 52.8 cm³/mol. The quantitative estimate of drug-likeness (QED) is 0.742. The van der Waals surface area contributed by atoms with Gasteiger partial charge in [-0.25, -0.2) is 0 Å². The number of H-pyrrole nitrogens is 1. The van der Waals surface area contributed by atoms with E-state index in [0.29, 0.717) is 0 Å². The SMILES string of the molecule is COc1cc(-c2ccccc2)c[nH]1. The highest BCUT2D eigenvalue weighted by Gasteiger charge is 1.99. The lowest BCUT2D eigenvalue weighted by Crippen LogP contribution is -1.78. The molecule has 1 aromatic carbocycles. The van der Waals surface area contributed by atoms with Crippen molar-refractivity contribution >= 4 is 0 Å². The van der Waals surface area contributed by atoms with Crippen molar-refractivity contribution in [3.05, 3.63) is 42.6 Å². The number of hydrogen-bond donors (Lipinski definition) is 1. The van der Waals surface area contributed by atoms with Crippen molar-refractivity contribution in [3.8, 4) is 17.0 Å². The van der Waals surface area contributed by atoms with Crippen molar-refractivity contribution in [2.45, 2.75) is 0 Å². The molecule has 0 spiro atoms. The molecule has 1 heterocycles. The van der Waals surface area contributed by atoms with Gasteiger partial charge < -0.3 is 9.72 Å². The van der Waals surface area contributed by atoms with Crippen molar-refractivity contribution in [1.29, 1.82) is 0 Å². The van der Waals surface area contributed by atoms with Gasteiger partial charge in [-0.2, -0.15) is 0 Å². The number of hydrogen-bond acceptors (Lipinski definition) is 1. The summed E-state index contributed by atoms with van der Waals surface area (Å²) in [5.41, 5.74) is 2.35. The fourth-order valence-corrected chi connectivity index (χ4v) is 1.29. The fourth-order valence-electron chi connectivity index (χ4n) is 1.29. The molecule has 0 fully saturated rings. The summed E-state index contributed by atoms with van der Waals surface area (Å²) in [6.45, 7) is 0. The highest BCUT2D eigenvalue weighted by atomic mass is 16.5. The molecule has 0 atom stereocenters. The smallest absolute Gasteiger partial charge is 0.191 e. The topological polar surface area (TPSA) is 25.0 Å². The van der Waals surface area contributed by atoms with Gasteiger partial charge in [0.05, 0.1) is 7.11 Å². The Morgan fingerprint density at radius 3 is 2.46 bits per heavy atom. The van der Waals surface area contributed by atoms with Gasteiger partial charge in [-0.15, -0.1) is 0 Å². The Kier molecular flexibility index (Phi) is 2.04. The Labute approximate surface area is 77.2 Å². The van der Waals surface area contributed by atoms with Gasteiger partial charge in [-0.3, -0.25) is 0 Å². The Bertz CT molecular complexity index is 378. The summed E-state index contributed by atoms with van der Waals surface area (Å²) in [6, 6.07) is 12.2. The molecule has 2 heteroatoms. The van der Waals surface area contributed by atoms with Gasteiger partial charge in [0.25, 0.3) is 0 Å². The summed E-state index contributed by atoms with van der Waals surface area (Å²) in [5.74, 6) is 0.791. The summed E-state index contributed by atoms with van der Waals surface area (Å²) < 4.78 is 5.06. The second-order valence-corrected chi connectivity index (χ2v) is 2.82. The standard InChI is InChI=1S/C11H11NO/c1-13-11-7-10(8-12-11)9-5-3-2-4-6-9/h2-8,12H,1H3. The summed E-state index contributed by atoms with van der Waals surface area (Å²) in [6.07, 6.45) is 1.94. The molecule has 0 unspecified atom stereocenters.